The molecule has 1 unspecified atom stereocenters. The molecule has 1 N–H and O–H groups in total. The van der Waals surface area contributed by atoms with Gasteiger partial charge in [-0.05, 0) is 36.2 Å². The average molecular weight is 447 g/mol. The molecule has 6 heteroatoms. The van der Waals surface area contributed by atoms with Crippen LogP contribution in [0.3, 0.4) is 0 Å². The minimum absolute atomic E-state index is 0.0589. The van der Waals surface area contributed by atoms with Gasteiger partial charge in [-0.25, -0.2) is 4.39 Å². The van der Waals surface area contributed by atoms with Crippen LogP contribution in [-0.4, -0.2) is 50.3 Å². The summed E-state index contributed by atoms with van der Waals surface area (Å²) in [4.78, 5) is 0. The number of ether oxygens (including phenoxy) is 2. The van der Waals surface area contributed by atoms with E-state index in [1.165, 1.54) is 13.8 Å². The zero-order chi connectivity index (χ0) is 22.9. The molecule has 0 amide bonds. The fraction of sp³-hybridized carbons (Fsp3) is 0.520. The Morgan fingerprint density at radius 2 is 1.48 bits per heavy atom. The van der Waals surface area contributed by atoms with Gasteiger partial charge in [-0.2, -0.15) is 0 Å². The number of alkyl halides is 1. The monoisotopic (exact) mass is 446 g/mol. The quantitative estimate of drug-likeness (QED) is 0.657. The Hall–Kier alpha value is -1.57. The molecule has 2 aromatic carbocycles. The first kappa shape index (κ1) is 24.1. The van der Waals surface area contributed by atoms with Crippen molar-refractivity contribution in [3.63, 3.8) is 0 Å². The average Bonchev–Trinajstić information content (AvgIpc) is 2.89. The summed E-state index contributed by atoms with van der Waals surface area (Å²) < 4.78 is 33.6. The molecule has 0 aromatic heterocycles. The summed E-state index contributed by atoms with van der Waals surface area (Å²) in [6.07, 6.45) is -2.00. The zero-order valence-electron chi connectivity index (χ0n) is 19.4. The Labute approximate surface area is 186 Å². The van der Waals surface area contributed by atoms with Gasteiger partial charge in [0.2, 0.25) is 0 Å². The van der Waals surface area contributed by atoms with E-state index in [2.05, 4.69) is 45.0 Å². The van der Waals surface area contributed by atoms with Crippen LogP contribution in [0.4, 0.5) is 4.39 Å². The van der Waals surface area contributed by atoms with Crippen molar-refractivity contribution < 1.29 is 23.4 Å². The van der Waals surface area contributed by atoms with Crippen LogP contribution < -0.4 is 10.4 Å². The molecule has 1 aliphatic heterocycles. The molecule has 1 saturated heterocycles. The standard InChI is InChI=1S/C25H35FO4Si/c1-7-28-22-24(5,26)25(6,27)21(30-22)18-29-31(23(2,3)4,19-14-10-8-11-15-19)20-16-12-9-13-17-20/h8-17,21-22,27H,7,18H2,1-6H3/t21-,22?,24+,25-/m1/s1. The van der Waals surface area contributed by atoms with Crippen LogP contribution in [0, 0.1) is 0 Å². The fourth-order valence-corrected chi connectivity index (χ4v) is 9.03. The second-order valence-corrected chi connectivity index (χ2v) is 13.9. The molecule has 170 valence electrons. The van der Waals surface area contributed by atoms with Crippen LogP contribution in [0.1, 0.15) is 41.5 Å². The smallest absolute Gasteiger partial charge is 0.261 e. The van der Waals surface area contributed by atoms with Crippen LogP contribution >= 0.6 is 0 Å². The maximum atomic E-state index is 15.4. The fourth-order valence-electron chi connectivity index (χ4n) is 4.47. The molecule has 0 radical (unpaired) electrons. The van der Waals surface area contributed by atoms with E-state index in [4.69, 9.17) is 13.9 Å². The molecule has 1 heterocycles. The maximum Gasteiger partial charge on any atom is 0.261 e. The predicted molar refractivity (Wildman–Crippen MR) is 124 cm³/mol. The molecule has 0 bridgehead atoms. The third-order valence-electron chi connectivity index (χ3n) is 6.53. The van der Waals surface area contributed by atoms with E-state index >= 15 is 4.39 Å². The van der Waals surface area contributed by atoms with Crippen molar-refractivity contribution in [2.24, 2.45) is 0 Å². The van der Waals surface area contributed by atoms with E-state index in [1.807, 2.05) is 36.4 Å². The minimum atomic E-state index is -2.82. The molecule has 2 aromatic rings. The predicted octanol–water partition coefficient (Wildman–Crippen LogP) is 3.80. The van der Waals surface area contributed by atoms with Gasteiger partial charge in [0.05, 0.1) is 6.61 Å². The van der Waals surface area contributed by atoms with E-state index in [0.717, 1.165) is 10.4 Å². The molecule has 0 aliphatic carbocycles. The van der Waals surface area contributed by atoms with Crippen molar-refractivity contribution in [1.29, 1.82) is 0 Å². The van der Waals surface area contributed by atoms with E-state index in [-0.39, 0.29) is 11.6 Å². The second kappa shape index (κ2) is 8.75. The highest BCUT2D eigenvalue weighted by molar-refractivity contribution is 6.99. The molecule has 1 fully saturated rings. The van der Waals surface area contributed by atoms with Gasteiger partial charge >= 0.3 is 0 Å². The Bertz CT molecular complexity index is 809. The molecular formula is C25H35FO4Si. The summed E-state index contributed by atoms with van der Waals surface area (Å²) >= 11 is 0. The number of rotatable bonds is 7. The SMILES string of the molecule is CCOC1O[C@H](CO[Si](c2ccccc2)(c2ccccc2)C(C)(C)C)[C@@](C)(O)[C@@]1(C)F. The molecule has 1 aliphatic rings. The summed E-state index contributed by atoms with van der Waals surface area (Å²) in [6.45, 7) is 11.5. The summed E-state index contributed by atoms with van der Waals surface area (Å²) in [7, 11) is -2.82. The van der Waals surface area contributed by atoms with Crippen molar-refractivity contribution in [3.8, 4) is 0 Å². The van der Waals surface area contributed by atoms with Crippen molar-refractivity contribution in [2.75, 3.05) is 13.2 Å². The van der Waals surface area contributed by atoms with E-state index in [9.17, 15) is 5.11 Å². The van der Waals surface area contributed by atoms with Crippen molar-refractivity contribution in [2.45, 2.75) is 70.2 Å². The summed E-state index contributed by atoms with van der Waals surface area (Å²) in [5.41, 5.74) is -3.80. The third-order valence-corrected chi connectivity index (χ3v) is 11.5. The van der Waals surface area contributed by atoms with Crippen LogP contribution in [0.15, 0.2) is 60.7 Å². The lowest BCUT2D eigenvalue weighted by atomic mass is 9.85. The summed E-state index contributed by atoms with van der Waals surface area (Å²) in [5.74, 6) is 0. The topological polar surface area (TPSA) is 47.9 Å². The van der Waals surface area contributed by atoms with E-state index < -0.39 is 32.0 Å². The Balaban J connectivity index is 2.03. The van der Waals surface area contributed by atoms with Crippen molar-refractivity contribution >= 4 is 18.7 Å². The number of hydrogen-bond acceptors (Lipinski definition) is 4. The van der Waals surface area contributed by atoms with Crippen molar-refractivity contribution in [3.05, 3.63) is 60.7 Å². The third kappa shape index (κ3) is 4.12. The van der Waals surface area contributed by atoms with Gasteiger partial charge in [0, 0.05) is 6.61 Å². The van der Waals surface area contributed by atoms with Gasteiger partial charge in [-0.1, -0.05) is 81.4 Å². The van der Waals surface area contributed by atoms with Gasteiger partial charge < -0.3 is 19.0 Å². The first-order valence-corrected chi connectivity index (χ1v) is 12.8. The van der Waals surface area contributed by atoms with Crippen LogP contribution in [0.5, 0.6) is 0 Å². The molecular weight excluding hydrogens is 411 g/mol. The maximum absolute atomic E-state index is 15.4. The number of halogens is 1. The molecule has 0 saturated carbocycles. The lowest BCUT2D eigenvalue weighted by Crippen LogP contribution is -2.67. The highest BCUT2D eigenvalue weighted by atomic mass is 28.4. The van der Waals surface area contributed by atoms with Gasteiger partial charge in [0.1, 0.15) is 11.7 Å². The molecule has 4 nitrogen and oxygen atoms in total. The lowest BCUT2D eigenvalue weighted by Gasteiger charge is -2.44. The van der Waals surface area contributed by atoms with Gasteiger partial charge in [-0.3, -0.25) is 0 Å². The van der Waals surface area contributed by atoms with E-state index in [1.54, 1.807) is 6.92 Å². The van der Waals surface area contributed by atoms with Gasteiger partial charge in [0.25, 0.3) is 8.32 Å². The lowest BCUT2D eigenvalue weighted by molar-refractivity contribution is -0.178. The Kier molecular flexibility index (Phi) is 6.80. The summed E-state index contributed by atoms with van der Waals surface area (Å²) in [6, 6.07) is 20.4. The molecule has 3 rings (SSSR count). The number of hydrogen-bond donors (Lipinski definition) is 1. The first-order chi connectivity index (χ1) is 14.5. The molecule has 4 atom stereocenters. The van der Waals surface area contributed by atoms with Crippen LogP contribution in [-0.2, 0) is 13.9 Å². The van der Waals surface area contributed by atoms with Gasteiger partial charge in [0.15, 0.2) is 12.0 Å². The number of aliphatic hydroxyl groups is 1. The summed E-state index contributed by atoms with van der Waals surface area (Å²) in [5, 5.41) is 13.1. The zero-order valence-corrected chi connectivity index (χ0v) is 20.4. The first-order valence-electron chi connectivity index (χ1n) is 10.9. The molecule has 31 heavy (non-hydrogen) atoms. The Morgan fingerprint density at radius 3 is 1.90 bits per heavy atom. The largest absolute Gasteiger partial charge is 0.405 e. The van der Waals surface area contributed by atoms with Crippen molar-refractivity contribution in [1.82, 2.24) is 0 Å². The molecule has 0 spiro atoms. The normalized spacial score (nSPS) is 29.3. The second-order valence-electron chi connectivity index (χ2n) is 9.61. The minimum Gasteiger partial charge on any atom is -0.405 e. The highest BCUT2D eigenvalue weighted by Crippen LogP contribution is 2.44. The highest BCUT2D eigenvalue weighted by Gasteiger charge is 2.63. The van der Waals surface area contributed by atoms with Crippen LogP contribution in [0.25, 0.3) is 0 Å². The van der Waals surface area contributed by atoms with E-state index in [0.29, 0.717) is 6.61 Å². The Morgan fingerprint density at radius 1 is 1.00 bits per heavy atom. The van der Waals surface area contributed by atoms with Crippen LogP contribution in [0.2, 0.25) is 5.04 Å². The number of benzene rings is 2. The van der Waals surface area contributed by atoms with Gasteiger partial charge in [-0.15, -0.1) is 0 Å².